The van der Waals surface area contributed by atoms with Crippen molar-refractivity contribution in [2.24, 2.45) is 11.8 Å². The summed E-state index contributed by atoms with van der Waals surface area (Å²) in [7, 11) is 0. The van der Waals surface area contributed by atoms with Gasteiger partial charge in [0.1, 0.15) is 5.82 Å². The highest BCUT2D eigenvalue weighted by Gasteiger charge is 2.36. The maximum Gasteiger partial charge on any atom is 0.148 e. The topological polar surface area (TPSA) is 50.1 Å². The van der Waals surface area contributed by atoms with Gasteiger partial charge >= 0.3 is 0 Å². The Balaban J connectivity index is 1.29. The number of aryl methyl sites for hydroxylation is 2. The first kappa shape index (κ1) is 14.6. The Morgan fingerprint density at radius 2 is 1.95 bits per heavy atom. The van der Waals surface area contributed by atoms with Gasteiger partial charge in [0.05, 0.1) is 0 Å². The molecule has 2 bridgehead atoms. The molecule has 0 aromatic carbocycles. The van der Waals surface area contributed by atoms with Gasteiger partial charge in [-0.2, -0.15) is 0 Å². The molecule has 6 heteroatoms. The SMILES string of the molecule is Cc1nnnn1CCCN1C[C@H]2CC[C@@H](C1)N(CC1CC1)C2. The lowest BCUT2D eigenvalue weighted by Crippen LogP contribution is -2.44. The van der Waals surface area contributed by atoms with Gasteiger partial charge in [-0.1, -0.05) is 0 Å². The Hall–Kier alpha value is -1.01. The number of hydrogen-bond donors (Lipinski definition) is 0. The van der Waals surface area contributed by atoms with Crippen molar-refractivity contribution in [2.45, 2.75) is 51.6 Å². The molecular weight excluding hydrogens is 276 g/mol. The van der Waals surface area contributed by atoms with E-state index in [0.717, 1.165) is 36.7 Å². The van der Waals surface area contributed by atoms with Gasteiger partial charge in [-0.15, -0.1) is 5.10 Å². The Labute approximate surface area is 132 Å². The predicted octanol–water partition coefficient (Wildman–Crippen LogP) is 1.18. The van der Waals surface area contributed by atoms with E-state index < -0.39 is 0 Å². The number of nitrogens with zero attached hydrogens (tertiary/aromatic N) is 6. The summed E-state index contributed by atoms with van der Waals surface area (Å²) in [4.78, 5) is 5.52. The highest BCUT2D eigenvalue weighted by molar-refractivity contribution is 4.92. The lowest BCUT2D eigenvalue weighted by Gasteiger charge is -2.36. The molecule has 4 aliphatic rings. The van der Waals surface area contributed by atoms with Crippen LogP contribution in [0.4, 0.5) is 0 Å². The molecule has 3 aliphatic heterocycles. The van der Waals surface area contributed by atoms with E-state index in [0.29, 0.717) is 0 Å². The molecule has 4 heterocycles. The van der Waals surface area contributed by atoms with Crippen LogP contribution >= 0.6 is 0 Å². The van der Waals surface area contributed by atoms with Crippen LogP contribution in [0.2, 0.25) is 0 Å². The average molecular weight is 304 g/mol. The number of tetrazole rings is 1. The largest absolute Gasteiger partial charge is 0.301 e. The minimum absolute atomic E-state index is 0.814. The lowest BCUT2D eigenvalue weighted by atomic mass is 9.95. The van der Waals surface area contributed by atoms with E-state index in [1.54, 1.807) is 0 Å². The summed E-state index contributed by atoms with van der Waals surface area (Å²) in [6, 6.07) is 0.814. The quantitative estimate of drug-likeness (QED) is 0.790. The first-order chi connectivity index (χ1) is 10.8. The van der Waals surface area contributed by atoms with Crippen molar-refractivity contribution in [3.63, 3.8) is 0 Å². The molecule has 6 nitrogen and oxygen atoms in total. The van der Waals surface area contributed by atoms with E-state index in [2.05, 4.69) is 25.3 Å². The van der Waals surface area contributed by atoms with Crippen LogP contribution in [0.1, 0.15) is 37.9 Å². The van der Waals surface area contributed by atoms with Crippen LogP contribution < -0.4 is 0 Å². The molecule has 0 unspecified atom stereocenters. The maximum absolute atomic E-state index is 4.04. The van der Waals surface area contributed by atoms with E-state index in [1.807, 2.05) is 11.6 Å². The molecule has 22 heavy (non-hydrogen) atoms. The fourth-order valence-corrected chi connectivity index (χ4v) is 4.21. The van der Waals surface area contributed by atoms with Gasteiger partial charge in [0.2, 0.25) is 0 Å². The van der Waals surface area contributed by atoms with E-state index in [4.69, 9.17) is 0 Å². The molecule has 5 rings (SSSR count). The van der Waals surface area contributed by atoms with Crippen molar-refractivity contribution in [2.75, 3.05) is 32.7 Å². The molecule has 4 fully saturated rings. The molecule has 122 valence electrons. The molecular formula is C16H28N6. The summed E-state index contributed by atoms with van der Waals surface area (Å²) in [5.41, 5.74) is 0. The fraction of sp³-hybridized carbons (Fsp3) is 0.938. The lowest BCUT2D eigenvalue weighted by molar-refractivity contribution is 0.125. The third-order valence-corrected chi connectivity index (χ3v) is 5.65. The standard InChI is InChI=1S/C16H28N6/c1-13-17-18-19-22(13)8-2-7-20-9-15-5-6-16(12-20)21(11-15)10-14-3-4-14/h14-16H,2-12H2,1H3/t15-,16+/m1/s1. The molecule has 0 spiro atoms. The van der Waals surface area contributed by atoms with Crippen LogP contribution in [0.25, 0.3) is 0 Å². The van der Waals surface area contributed by atoms with Crippen molar-refractivity contribution in [3.8, 4) is 0 Å². The van der Waals surface area contributed by atoms with Crippen LogP contribution in [-0.2, 0) is 6.54 Å². The van der Waals surface area contributed by atoms with E-state index in [1.165, 1.54) is 58.4 Å². The minimum Gasteiger partial charge on any atom is -0.301 e. The zero-order valence-electron chi connectivity index (χ0n) is 13.7. The summed E-state index contributed by atoms with van der Waals surface area (Å²) in [6.45, 7) is 9.40. The van der Waals surface area contributed by atoms with Gasteiger partial charge in [0, 0.05) is 38.8 Å². The Kier molecular flexibility index (Phi) is 4.13. The monoisotopic (exact) mass is 304 g/mol. The molecule has 1 aromatic heterocycles. The summed E-state index contributed by atoms with van der Waals surface area (Å²) >= 11 is 0. The summed E-state index contributed by atoms with van der Waals surface area (Å²) < 4.78 is 1.92. The maximum atomic E-state index is 4.04. The predicted molar refractivity (Wildman–Crippen MR) is 84.4 cm³/mol. The molecule has 3 saturated heterocycles. The zero-order valence-corrected chi connectivity index (χ0v) is 13.7. The van der Waals surface area contributed by atoms with Crippen LogP contribution in [0.5, 0.6) is 0 Å². The summed E-state index contributed by atoms with van der Waals surface area (Å²) in [6.07, 6.45) is 6.95. The Morgan fingerprint density at radius 3 is 2.73 bits per heavy atom. The van der Waals surface area contributed by atoms with E-state index >= 15 is 0 Å². The van der Waals surface area contributed by atoms with Crippen molar-refractivity contribution in [1.29, 1.82) is 0 Å². The fourth-order valence-electron chi connectivity index (χ4n) is 4.21. The van der Waals surface area contributed by atoms with Crippen LogP contribution in [0.3, 0.4) is 0 Å². The van der Waals surface area contributed by atoms with Gasteiger partial charge in [0.25, 0.3) is 0 Å². The van der Waals surface area contributed by atoms with E-state index in [-0.39, 0.29) is 0 Å². The summed E-state index contributed by atoms with van der Waals surface area (Å²) in [5, 5.41) is 11.7. The van der Waals surface area contributed by atoms with Crippen LogP contribution in [0, 0.1) is 18.8 Å². The molecule has 0 radical (unpaired) electrons. The first-order valence-electron chi connectivity index (χ1n) is 8.97. The van der Waals surface area contributed by atoms with Crippen LogP contribution in [-0.4, -0.2) is 68.8 Å². The molecule has 2 atom stereocenters. The second kappa shape index (κ2) is 6.24. The van der Waals surface area contributed by atoms with Crippen molar-refractivity contribution >= 4 is 0 Å². The number of hydrogen-bond acceptors (Lipinski definition) is 5. The highest BCUT2D eigenvalue weighted by atomic mass is 15.5. The van der Waals surface area contributed by atoms with Gasteiger partial charge in [0.15, 0.2) is 0 Å². The molecule has 0 N–H and O–H groups in total. The van der Waals surface area contributed by atoms with Crippen LogP contribution in [0.15, 0.2) is 0 Å². The molecule has 1 aromatic rings. The number of fused-ring (bicyclic) bond motifs is 4. The van der Waals surface area contributed by atoms with Crippen molar-refractivity contribution in [1.82, 2.24) is 30.0 Å². The van der Waals surface area contributed by atoms with Crippen molar-refractivity contribution < 1.29 is 0 Å². The smallest absolute Gasteiger partial charge is 0.148 e. The number of piperidine rings is 1. The highest BCUT2D eigenvalue weighted by Crippen LogP contribution is 2.34. The van der Waals surface area contributed by atoms with E-state index in [9.17, 15) is 0 Å². The second-order valence-electron chi connectivity index (χ2n) is 7.56. The Morgan fingerprint density at radius 1 is 1.05 bits per heavy atom. The molecule has 0 amide bonds. The average Bonchev–Trinajstić information content (AvgIpc) is 3.28. The number of rotatable bonds is 6. The minimum atomic E-state index is 0.814. The molecule has 1 saturated carbocycles. The normalized spacial score (nSPS) is 29.9. The van der Waals surface area contributed by atoms with Gasteiger partial charge in [-0.25, -0.2) is 4.68 Å². The Bertz CT molecular complexity index is 497. The molecule has 1 aliphatic carbocycles. The number of aromatic nitrogens is 4. The first-order valence-corrected chi connectivity index (χ1v) is 8.97. The second-order valence-corrected chi connectivity index (χ2v) is 7.56. The zero-order chi connectivity index (χ0) is 14.9. The van der Waals surface area contributed by atoms with Crippen molar-refractivity contribution in [3.05, 3.63) is 5.82 Å². The summed E-state index contributed by atoms with van der Waals surface area (Å²) in [5.74, 6) is 2.84. The third-order valence-electron chi connectivity index (χ3n) is 5.65. The van der Waals surface area contributed by atoms with Gasteiger partial charge in [-0.05, 0) is 67.8 Å². The van der Waals surface area contributed by atoms with Gasteiger partial charge < -0.3 is 4.90 Å². The third kappa shape index (κ3) is 3.33. The van der Waals surface area contributed by atoms with Gasteiger partial charge in [-0.3, -0.25) is 4.90 Å².